The van der Waals surface area contributed by atoms with Crippen LogP contribution < -0.4 is 15.4 Å². The maximum Gasteiger partial charge on any atom is 0.278 e. The molecule has 0 saturated heterocycles. The molecule has 150 valence electrons. The molecule has 0 aliphatic heterocycles. The molecule has 3 rings (SSSR count). The maximum absolute atomic E-state index is 12.5. The fourth-order valence-corrected chi connectivity index (χ4v) is 2.74. The van der Waals surface area contributed by atoms with E-state index in [1.54, 1.807) is 38.3 Å². The van der Waals surface area contributed by atoms with Crippen LogP contribution in [0, 0.1) is 20.8 Å². The Balaban J connectivity index is 1.65. The molecule has 0 aliphatic carbocycles. The summed E-state index contributed by atoms with van der Waals surface area (Å²) in [7, 11) is 1.57. The third kappa shape index (κ3) is 4.78. The number of aromatic nitrogens is 3. The van der Waals surface area contributed by atoms with Crippen LogP contribution in [-0.4, -0.2) is 33.9 Å². The smallest absolute Gasteiger partial charge is 0.278 e. The van der Waals surface area contributed by atoms with Gasteiger partial charge in [-0.25, -0.2) is 4.68 Å². The summed E-state index contributed by atoms with van der Waals surface area (Å²) in [5.74, 6) is 0.0526. The number of carbonyl (C=O) groups is 2. The van der Waals surface area contributed by atoms with Crippen molar-refractivity contribution in [2.75, 3.05) is 17.7 Å². The Morgan fingerprint density at radius 3 is 2.31 bits per heavy atom. The highest BCUT2D eigenvalue weighted by Gasteiger charge is 2.18. The van der Waals surface area contributed by atoms with Gasteiger partial charge in [0.25, 0.3) is 5.91 Å². The monoisotopic (exact) mass is 393 g/mol. The van der Waals surface area contributed by atoms with E-state index in [-0.39, 0.29) is 18.1 Å². The number of hydrogen-bond donors (Lipinski definition) is 2. The quantitative estimate of drug-likeness (QED) is 0.671. The summed E-state index contributed by atoms with van der Waals surface area (Å²) >= 11 is 0. The van der Waals surface area contributed by atoms with Crippen molar-refractivity contribution in [2.24, 2.45) is 0 Å². The predicted molar refractivity (Wildman–Crippen MR) is 110 cm³/mol. The molecule has 8 nitrogen and oxygen atoms in total. The first-order valence-electron chi connectivity index (χ1n) is 9.10. The van der Waals surface area contributed by atoms with Crippen molar-refractivity contribution in [3.05, 3.63) is 65.0 Å². The molecular weight excluding hydrogens is 370 g/mol. The molecule has 0 aliphatic rings. The molecule has 0 spiro atoms. The number of nitrogens with zero attached hydrogens (tertiary/aromatic N) is 3. The number of amides is 2. The molecule has 1 aromatic heterocycles. The lowest BCUT2D eigenvalue weighted by molar-refractivity contribution is -0.117. The summed E-state index contributed by atoms with van der Waals surface area (Å²) in [6.45, 7) is 5.66. The summed E-state index contributed by atoms with van der Waals surface area (Å²) in [6, 6.07) is 12.7. The van der Waals surface area contributed by atoms with Gasteiger partial charge in [0.15, 0.2) is 5.69 Å². The maximum atomic E-state index is 12.5. The van der Waals surface area contributed by atoms with E-state index < -0.39 is 5.91 Å². The molecule has 2 N–H and O–H groups in total. The van der Waals surface area contributed by atoms with E-state index in [0.717, 1.165) is 11.1 Å². The van der Waals surface area contributed by atoms with Gasteiger partial charge in [-0.3, -0.25) is 9.59 Å². The van der Waals surface area contributed by atoms with Crippen molar-refractivity contribution < 1.29 is 14.3 Å². The van der Waals surface area contributed by atoms with Gasteiger partial charge in [-0.2, -0.15) is 0 Å². The van der Waals surface area contributed by atoms with Crippen LogP contribution in [0.25, 0.3) is 0 Å². The zero-order chi connectivity index (χ0) is 21.0. The van der Waals surface area contributed by atoms with Crippen molar-refractivity contribution in [2.45, 2.75) is 27.3 Å². The number of benzene rings is 2. The number of hydrogen-bond acceptors (Lipinski definition) is 5. The van der Waals surface area contributed by atoms with Crippen molar-refractivity contribution >= 4 is 23.2 Å². The number of methoxy groups -OCH3 is 1. The first kappa shape index (κ1) is 20.1. The average molecular weight is 393 g/mol. The minimum Gasteiger partial charge on any atom is -0.497 e. The van der Waals surface area contributed by atoms with Gasteiger partial charge >= 0.3 is 0 Å². The van der Waals surface area contributed by atoms with Gasteiger partial charge in [0, 0.05) is 11.4 Å². The van der Waals surface area contributed by atoms with E-state index >= 15 is 0 Å². The highest BCUT2D eigenvalue weighted by Crippen LogP contribution is 2.17. The van der Waals surface area contributed by atoms with E-state index in [1.165, 1.54) is 4.68 Å². The van der Waals surface area contributed by atoms with Gasteiger partial charge in [-0.15, -0.1) is 5.10 Å². The van der Waals surface area contributed by atoms with E-state index in [0.29, 0.717) is 22.8 Å². The third-order valence-corrected chi connectivity index (χ3v) is 4.63. The Kier molecular flexibility index (Phi) is 5.92. The predicted octanol–water partition coefficient (Wildman–Crippen LogP) is 3.10. The van der Waals surface area contributed by atoms with Crippen molar-refractivity contribution in [1.82, 2.24) is 15.0 Å². The standard InChI is InChI=1S/C21H23N5O3/c1-13-5-6-17(11-14(13)2)22-19(27)12-26-15(3)20(24-25-26)21(28)23-16-7-9-18(29-4)10-8-16/h5-11H,12H2,1-4H3,(H,22,27)(H,23,28). The molecule has 0 radical (unpaired) electrons. The van der Waals surface area contributed by atoms with Gasteiger partial charge in [-0.1, -0.05) is 11.3 Å². The van der Waals surface area contributed by atoms with Crippen LogP contribution in [0.1, 0.15) is 27.3 Å². The molecule has 3 aromatic rings. The minimum atomic E-state index is -0.395. The molecule has 2 amide bonds. The van der Waals surface area contributed by atoms with Crippen LogP contribution >= 0.6 is 0 Å². The second-order valence-electron chi connectivity index (χ2n) is 6.71. The molecule has 8 heteroatoms. The lowest BCUT2D eigenvalue weighted by atomic mass is 10.1. The van der Waals surface area contributed by atoms with Crippen LogP contribution in [-0.2, 0) is 11.3 Å². The number of aryl methyl sites for hydroxylation is 2. The molecule has 0 fully saturated rings. The first-order valence-corrected chi connectivity index (χ1v) is 9.10. The Labute approximate surface area is 168 Å². The van der Waals surface area contributed by atoms with Gasteiger partial charge in [0.1, 0.15) is 12.3 Å². The minimum absolute atomic E-state index is 0.0401. The molecule has 0 unspecified atom stereocenters. The third-order valence-electron chi connectivity index (χ3n) is 4.63. The topological polar surface area (TPSA) is 98.1 Å². The Hall–Kier alpha value is -3.68. The summed E-state index contributed by atoms with van der Waals surface area (Å²) in [6.07, 6.45) is 0. The Bertz CT molecular complexity index is 1040. The summed E-state index contributed by atoms with van der Waals surface area (Å²) < 4.78 is 6.50. The van der Waals surface area contributed by atoms with Crippen LogP contribution in [0.15, 0.2) is 42.5 Å². The van der Waals surface area contributed by atoms with E-state index in [4.69, 9.17) is 4.74 Å². The van der Waals surface area contributed by atoms with Crippen LogP contribution in [0.5, 0.6) is 5.75 Å². The fraction of sp³-hybridized carbons (Fsp3) is 0.238. The molecule has 0 bridgehead atoms. The lowest BCUT2D eigenvalue weighted by Gasteiger charge is -2.08. The average Bonchev–Trinajstić information content (AvgIpc) is 3.05. The van der Waals surface area contributed by atoms with Crippen molar-refractivity contribution in [1.29, 1.82) is 0 Å². The first-order chi connectivity index (χ1) is 13.9. The number of nitrogens with one attached hydrogen (secondary N) is 2. The second kappa shape index (κ2) is 8.55. The molecule has 29 heavy (non-hydrogen) atoms. The van der Waals surface area contributed by atoms with E-state index in [2.05, 4.69) is 20.9 Å². The van der Waals surface area contributed by atoms with Crippen molar-refractivity contribution in [3.63, 3.8) is 0 Å². The highest BCUT2D eigenvalue weighted by molar-refractivity contribution is 6.03. The summed E-state index contributed by atoms with van der Waals surface area (Å²) in [5.41, 5.74) is 4.25. The van der Waals surface area contributed by atoms with Crippen LogP contribution in [0.4, 0.5) is 11.4 Å². The fourth-order valence-electron chi connectivity index (χ4n) is 2.74. The Morgan fingerprint density at radius 1 is 0.966 bits per heavy atom. The number of rotatable bonds is 6. The zero-order valence-corrected chi connectivity index (χ0v) is 16.8. The molecular formula is C21H23N5O3. The number of ether oxygens (including phenoxy) is 1. The number of carbonyl (C=O) groups excluding carboxylic acids is 2. The van der Waals surface area contributed by atoms with Crippen molar-refractivity contribution in [3.8, 4) is 5.75 Å². The number of anilines is 2. The molecule has 2 aromatic carbocycles. The van der Waals surface area contributed by atoms with Gasteiger partial charge < -0.3 is 15.4 Å². The SMILES string of the molecule is COc1ccc(NC(=O)c2nnn(CC(=O)Nc3ccc(C)c(C)c3)c2C)cc1. The lowest BCUT2D eigenvalue weighted by Crippen LogP contribution is -2.21. The second-order valence-corrected chi connectivity index (χ2v) is 6.71. The normalized spacial score (nSPS) is 10.5. The molecule has 0 atom stereocenters. The molecule has 1 heterocycles. The molecule has 0 saturated carbocycles. The highest BCUT2D eigenvalue weighted by atomic mass is 16.5. The van der Waals surface area contributed by atoms with Crippen LogP contribution in [0.2, 0.25) is 0 Å². The summed E-state index contributed by atoms with van der Waals surface area (Å²) in [5, 5.41) is 13.5. The Morgan fingerprint density at radius 2 is 1.66 bits per heavy atom. The van der Waals surface area contributed by atoms with Gasteiger partial charge in [0.2, 0.25) is 5.91 Å². The van der Waals surface area contributed by atoms with E-state index in [1.807, 2.05) is 32.0 Å². The van der Waals surface area contributed by atoms with E-state index in [9.17, 15) is 9.59 Å². The van der Waals surface area contributed by atoms with Crippen LogP contribution in [0.3, 0.4) is 0 Å². The largest absolute Gasteiger partial charge is 0.497 e. The van der Waals surface area contributed by atoms with Gasteiger partial charge in [-0.05, 0) is 68.3 Å². The van der Waals surface area contributed by atoms with Gasteiger partial charge in [0.05, 0.1) is 12.8 Å². The summed E-state index contributed by atoms with van der Waals surface area (Å²) in [4.78, 5) is 24.8. The zero-order valence-electron chi connectivity index (χ0n) is 16.8.